The highest BCUT2D eigenvalue weighted by Crippen LogP contribution is 2.35. The molecule has 0 saturated heterocycles. The quantitative estimate of drug-likeness (QED) is 0.609. The number of nitrogens with zero attached hydrogens (tertiary/aromatic N) is 2. The number of hydrogen-bond donors (Lipinski definition) is 1. The van der Waals surface area contributed by atoms with Gasteiger partial charge in [-0.25, -0.2) is 4.98 Å². The molecule has 0 bridgehead atoms. The number of halogens is 1. The first-order chi connectivity index (χ1) is 12.0. The molecule has 0 radical (unpaired) electrons. The number of thiazole rings is 1. The standard InChI is InChI=1S/C17H16ClN3O2S2/c1-9-15(25-17(20-9)12-6-7-13(18)24-12)14(22)11(8-19)16(23)21-10-4-2-3-5-10/h6-7,10-11H,2-5H2,1H3,(H,21,23). The lowest BCUT2D eigenvalue weighted by Gasteiger charge is -2.14. The van der Waals surface area contributed by atoms with Gasteiger partial charge in [0.2, 0.25) is 11.7 Å². The summed E-state index contributed by atoms with van der Waals surface area (Å²) >= 11 is 8.52. The molecule has 1 aliphatic carbocycles. The van der Waals surface area contributed by atoms with Gasteiger partial charge in [0.25, 0.3) is 0 Å². The van der Waals surface area contributed by atoms with E-state index >= 15 is 0 Å². The summed E-state index contributed by atoms with van der Waals surface area (Å²) in [5.41, 5.74) is 0.531. The summed E-state index contributed by atoms with van der Waals surface area (Å²) in [6.07, 6.45) is 3.94. The van der Waals surface area contributed by atoms with E-state index in [2.05, 4.69) is 10.3 Å². The van der Waals surface area contributed by atoms with Crippen LogP contribution in [0.4, 0.5) is 0 Å². The second-order valence-corrected chi connectivity index (χ2v) is 8.67. The number of amides is 1. The Hall–Kier alpha value is -1.75. The predicted octanol–water partition coefficient (Wildman–Crippen LogP) is 4.21. The van der Waals surface area contributed by atoms with Gasteiger partial charge >= 0.3 is 0 Å². The largest absolute Gasteiger partial charge is 0.352 e. The van der Waals surface area contributed by atoms with Crippen LogP contribution in [0.3, 0.4) is 0 Å². The van der Waals surface area contributed by atoms with E-state index in [-0.39, 0.29) is 6.04 Å². The van der Waals surface area contributed by atoms with E-state index in [9.17, 15) is 14.9 Å². The fourth-order valence-electron chi connectivity index (χ4n) is 2.88. The number of nitrogens with one attached hydrogen (secondary N) is 1. The molecule has 0 aromatic carbocycles. The van der Waals surface area contributed by atoms with Crippen LogP contribution in [0.1, 0.15) is 41.0 Å². The van der Waals surface area contributed by atoms with E-state index in [1.807, 2.05) is 12.1 Å². The van der Waals surface area contributed by atoms with Gasteiger partial charge < -0.3 is 5.32 Å². The van der Waals surface area contributed by atoms with Crippen molar-refractivity contribution in [1.29, 1.82) is 5.26 Å². The molecule has 0 aliphatic heterocycles. The van der Waals surface area contributed by atoms with Gasteiger partial charge in [-0.3, -0.25) is 9.59 Å². The molecule has 8 heteroatoms. The number of rotatable bonds is 5. The summed E-state index contributed by atoms with van der Waals surface area (Å²) in [4.78, 5) is 30.7. The number of carbonyl (C=O) groups excluding carboxylic acids is 2. The Morgan fingerprint density at radius 2 is 2.08 bits per heavy atom. The van der Waals surface area contributed by atoms with Gasteiger partial charge in [0.15, 0.2) is 5.92 Å². The highest BCUT2D eigenvalue weighted by molar-refractivity contribution is 7.24. The first-order valence-electron chi connectivity index (χ1n) is 7.97. The van der Waals surface area contributed by atoms with Crippen molar-refractivity contribution in [1.82, 2.24) is 10.3 Å². The Bertz CT molecular complexity index is 846. The molecule has 0 spiro atoms. The highest BCUT2D eigenvalue weighted by atomic mass is 35.5. The summed E-state index contributed by atoms with van der Waals surface area (Å²) in [5, 5.41) is 12.9. The number of aromatic nitrogens is 1. The molecule has 130 valence electrons. The van der Waals surface area contributed by atoms with E-state index < -0.39 is 17.6 Å². The molecule has 1 N–H and O–H groups in total. The lowest BCUT2D eigenvalue weighted by atomic mass is 10.0. The number of thiophene rings is 1. The van der Waals surface area contributed by atoms with Crippen LogP contribution in [-0.2, 0) is 4.79 Å². The Labute approximate surface area is 158 Å². The van der Waals surface area contributed by atoms with Crippen molar-refractivity contribution in [2.45, 2.75) is 38.6 Å². The molecule has 1 saturated carbocycles. The van der Waals surface area contributed by atoms with Crippen LogP contribution in [0.25, 0.3) is 9.88 Å². The Morgan fingerprint density at radius 1 is 1.36 bits per heavy atom. The summed E-state index contributed by atoms with van der Waals surface area (Å²) in [5.74, 6) is -2.32. The third-order valence-electron chi connectivity index (χ3n) is 4.16. The summed E-state index contributed by atoms with van der Waals surface area (Å²) < 4.78 is 0.640. The van der Waals surface area contributed by atoms with Crippen molar-refractivity contribution in [3.63, 3.8) is 0 Å². The van der Waals surface area contributed by atoms with Crippen molar-refractivity contribution < 1.29 is 9.59 Å². The number of carbonyl (C=O) groups is 2. The van der Waals surface area contributed by atoms with E-state index in [0.29, 0.717) is 19.9 Å². The molecule has 25 heavy (non-hydrogen) atoms. The molecule has 3 rings (SSSR count). The van der Waals surface area contributed by atoms with Crippen molar-refractivity contribution in [3.8, 4) is 16.0 Å². The maximum absolute atomic E-state index is 12.7. The number of ketones is 1. The van der Waals surface area contributed by atoms with Gasteiger partial charge in [0, 0.05) is 6.04 Å². The fraction of sp³-hybridized carbons (Fsp3) is 0.412. The molecule has 1 unspecified atom stereocenters. The zero-order chi connectivity index (χ0) is 18.0. The first-order valence-corrected chi connectivity index (χ1v) is 9.98. The maximum Gasteiger partial charge on any atom is 0.245 e. The fourth-order valence-corrected chi connectivity index (χ4v) is 5.02. The molecule has 1 aliphatic rings. The van der Waals surface area contributed by atoms with Crippen LogP contribution in [0.5, 0.6) is 0 Å². The molecule has 1 amide bonds. The van der Waals surface area contributed by atoms with E-state index in [4.69, 9.17) is 11.6 Å². The lowest BCUT2D eigenvalue weighted by Crippen LogP contribution is -2.39. The number of hydrogen-bond acceptors (Lipinski definition) is 6. The SMILES string of the molecule is Cc1nc(-c2ccc(Cl)s2)sc1C(=O)C(C#N)C(=O)NC1CCCC1. The van der Waals surface area contributed by atoms with E-state index in [1.54, 1.807) is 13.0 Å². The topological polar surface area (TPSA) is 82.8 Å². The molecular formula is C17H16ClN3O2S2. The molecule has 2 aromatic rings. The first kappa shape index (κ1) is 18.1. The van der Waals surface area contributed by atoms with Gasteiger partial charge in [-0.15, -0.1) is 22.7 Å². The van der Waals surface area contributed by atoms with Crippen LogP contribution < -0.4 is 5.32 Å². The molecule has 1 atom stereocenters. The van der Waals surface area contributed by atoms with Crippen molar-refractivity contribution in [2.24, 2.45) is 5.92 Å². The second-order valence-electron chi connectivity index (χ2n) is 5.95. The van der Waals surface area contributed by atoms with E-state index in [0.717, 1.165) is 30.6 Å². The minimum atomic E-state index is -1.33. The average Bonchev–Trinajstić information content (AvgIpc) is 3.29. The van der Waals surface area contributed by atoms with Crippen LogP contribution in [0.2, 0.25) is 4.34 Å². The number of Topliss-reactive ketones (excluding diaryl/α,β-unsaturated/α-hetero) is 1. The van der Waals surface area contributed by atoms with Gasteiger partial charge in [0.1, 0.15) is 5.01 Å². The monoisotopic (exact) mass is 393 g/mol. The van der Waals surface area contributed by atoms with Gasteiger partial charge in [-0.05, 0) is 31.9 Å². The van der Waals surface area contributed by atoms with Gasteiger partial charge in [-0.2, -0.15) is 5.26 Å². The molecular weight excluding hydrogens is 378 g/mol. The number of aryl methyl sites for hydroxylation is 1. The zero-order valence-electron chi connectivity index (χ0n) is 13.5. The van der Waals surface area contributed by atoms with Crippen molar-refractivity contribution in [3.05, 3.63) is 27.0 Å². The second kappa shape index (κ2) is 7.65. The van der Waals surface area contributed by atoms with E-state index in [1.165, 1.54) is 22.7 Å². The molecule has 1 fully saturated rings. The minimum Gasteiger partial charge on any atom is -0.352 e. The van der Waals surface area contributed by atoms with Crippen LogP contribution in [0.15, 0.2) is 12.1 Å². The Morgan fingerprint density at radius 3 is 2.68 bits per heavy atom. The maximum atomic E-state index is 12.7. The molecule has 2 heterocycles. The summed E-state index contributed by atoms with van der Waals surface area (Å²) in [6.45, 7) is 1.71. The minimum absolute atomic E-state index is 0.0718. The predicted molar refractivity (Wildman–Crippen MR) is 99.0 cm³/mol. The van der Waals surface area contributed by atoms with Crippen LogP contribution >= 0.6 is 34.3 Å². The third-order valence-corrected chi connectivity index (χ3v) is 6.73. The van der Waals surface area contributed by atoms with Gasteiger partial charge in [-0.1, -0.05) is 24.4 Å². The average molecular weight is 394 g/mol. The smallest absolute Gasteiger partial charge is 0.245 e. The van der Waals surface area contributed by atoms with Gasteiger partial charge in [0.05, 0.1) is 25.9 Å². The summed E-state index contributed by atoms with van der Waals surface area (Å²) in [7, 11) is 0. The highest BCUT2D eigenvalue weighted by Gasteiger charge is 2.32. The van der Waals surface area contributed by atoms with Crippen molar-refractivity contribution in [2.75, 3.05) is 0 Å². The van der Waals surface area contributed by atoms with Crippen LogP contribution in [0, 0.1) is 24.2 Å². The lowest BCUT2D eigenvalue weighted by molar-refractivity contribution is -0.122. The Balaban J connectivity index is 1.79. The molecule has 5 nitrogen and oxygen atoms in total. The third kappa shape index (κ3) is 3.92. The van der Waals surface area contributed by atoms with Crippen LogP contribution in [-0.4, -0.2) is 22.7 Å². The zero-order valence-corrected chi connectivity index (χ0v) is 15.9. The summed E-state index contributed by atoms with van der Waals surface area (Å²) in [6, 6.07) is 5.54. The molecule has 2 aromatic heterocycles. The number of nitriles is 1. The van der Waals surface area contributed by atoms with Crippen molar-refractivity contribution >= 4 is 46.0 Å². The Kier molecular flexibility index (Phi) is 5.52. The normalized spacial score (nSPS) is 15.7.